The van der Waals surface area contributed by atoms with E-state index in [-0.39, 0.29) is 0 Å². The second-order valence-electron chi connectivity index (χ2n) is 15.3. The van der Waals surface area contributed by atoms with E-state index in [2.05, 4.69) is 189 Å². The van der Waals surface area contributed by atoms with E-state index >= 15 is 0 Å². The Morgan fingerprint density at radius 1 is 0.625 bits per heavy atom. The van der Waals surface area contributed by atoms with Gasteiger partial charge in [0.05, 0.1) is 11.1 Å². The zero-order valence-electron chi connectivity index (χ0n) is 31.5. The third-order valence-electron chi connectivity index (χ3n) is 11.9. The van der Waals surface area contributed by atoms with Crippen LogP contribution in [-0.4, -0.2) is 0 Å². The normalized spacial score (nSPS) is 13.6. The molecule has 56 heavy (non-hydrogen) atoms. The van der Waals surface area contributed by atoms with E-state index in [1.807, 2.05) is 23.1 Å². The van der Waals surface area contributed by atoms with Crippen molar-refractivity contribution in [2.45, 2.75) is 48.3 Å². The first kappa shape index (κ1) is 33.5. The van der Waals surface area contributed by atoms with E-state index in [4.69, 9.17) is 4.42 Å². The predicted octanol–water partition coefficient (Wildman–Crippen LogP) is 15.3. The minimum absolute atomic E-state index is 0.348. The Labute approximate surface area is 336 Å². The van der Waals surface area contributed by atoms with Crippen molar-refractivity contribution in [3.05, 3.63) is 197 Å². The van der Waals surface area contributed by atoms with Crippen molar-refractivity contribution in [1.82, 2.24) is 0 Å². The molecule has 0 radical (unpaired) electrons. The molecule has 0 bridgehead atoms. The Hall–Kier alpha value is -5.81. The van der Waals surface area contributed by atoms with Crippen LogP contribution in [0.2, 0.25) is 0 Å². The van der Waals surface area contributed by atoms with Gasteiger partial charge in [-0.25, -0.2) is 0 Å². The van der Waals surface area contributed by atoms with Crippen LogP contribution in [0, 0.1) is 0 Å². The van der Waals surface area contributed by atoms with Gasteiger partial charge in [0.1, 0.15) is 16.3 Å². The molecule has 2 aromatic heterocycles. The third kappa shape index (κ3) is 4.82. The number of anilines is 3. The topological polar surface area (TPSA) is 16.4 Å². The molecule has 270 valence electrons. The molecule has 3 heterocycles. The van der Waals surface area contributed by atoms with Gasteiger partial charge in [-0.2, -0.15) is 0 Å². The van der Waals surface area contributed by atoms with Crippen molar-refractivity contribution in [2.75, 3.05) is 4.90 Å². The molecule has 0 unspecified atom stereocenters. The quantitative estimate of drug-likeness (QED) is 0.168. The van der Waals surface area contributed by atoms with Crippen molar-refractivity contribution in [3.8, 4) is 22.3 Å². The highest BCUT2D eigenvalue weighted by molar-refractivity contribution is 7.99. The van der Waals surface area contributed by atoms with Gasteiger partial charge in [-0.15, -0.1) is 11.3 Å². The van der Waals surface area contributed by atoms with Gasteiger partial charge in [0.2, 0.25) is 0 Å². The van der Waals surface area contributed by atoms with Gasteiger partial charge in [-0.1, -0.05) is 148 Å². The first-order chi connectivity index (χ1) is 27.5. The summed E-state index contributed by atoms with van der Waals surface area (Å²) in [7, 11) is 0. The predicted molar refractivity (Wildman–Crippen MR) is 237 cm³/mol. The Morgan fingerprint density at radius 3 is 2.04 bits per heavy atom. The summed E-state index contributed by atoms with van der Waals surface area (Å²) in [5.41, 5.74) is 14.5. The first-order valence-corrected chi connectivity index (χ1v) is 21.2. The number of furan rings is 1. The smallest absolute Gasteiger partial charge is 0.134 e. The molecule has 1 aliphatic heterocycles. The highest BCUT2D eigenvalue weighted by atomic mass is 32.2. The number of aryl methyl sites for hydroxylation is 1. The third-order valence-corrected chi connectivity index (χ3v) is 14.2. The van der Waals surface area contributed by atoms with Crippen molar-refractivity contribution in [2.24, 2.45) is 0 Å². The SMILES string of the molecule is CCc1c(N(c2ccc(-c3ccc4cc(C(C)C)oc4c3)cc2)c2cccc3c2-c2ccccc2C32c3ccccc3Sc3ccccc32)sc2ccccc12. The molecule has 11 rings (SSSR count). The molecule has 0 saturated carbocycles. The van der Waals surface area contributed by atoms with Gasteiger partial charge >= 0.3 is 0 Å². The van der Waals surface area contributed by atoms with E-state index < -0.39 is 5.41 Å². The van der Waals surface area contributed by atoms with E-state index in [0.717, 1.165) is 34.4 Å². The average Bonchev–Trinajstić information content (AvgIpc) is 3.93. The number of fused-ring (bicyclic) bond motifs is 11. The summed E-state index contributed by atoms with van der Waals surface area (Å²) >= 11 is 3.79. The molecule has 0 amide bonds. The summed E-state index contributed by atoms with van der Waals surface area (Å²) in [6, 6.07) is 61.1. The molecular formula is C52H39NOS2. The van der Waals surface area contributed by atoms with Crippen LogP contribution in [0.1, 0.15) is 60.3 Å². The summed E-state index contributed by atoms with van der Waals surface area (Å²) < 4.78 is 7.59. The monoisotopic (exact) mass is 757 g/mol. The minimum Gasteiger partial charge on any atom is -0.461 e. The van der Waals surface area contributed by atoms with Gasteiger partial charge in [0, 0.05) is 37.0 Å². The van der Waals surface area contributed by atoms with E-state index in [0.29, 0.717) is 5.92 Å². The lowest BCUT2D eigenvalue weighted by Gasteiger charge is -2.39. The summed E-state index contributed by atoms with van der Waals surface area (Å²) in [4.78, 5) is 5.19. The second kappa shape index (κ2) is 12.9. The van der Waals surface area contributed by atoms with Crippen molar-refractivity contribution >= 4 is 60.5 Å². The molecular weight excluding hydrogens is 719 g/mol. The fraction of sp³-hybridized carbons (Fsp3) is 0.115. The zero-order valence-corrected chi connectivity index (χ0v) is 33.2. The van der Waals surface area contributed by atoms with Crippen molar-refractivity contribution in [3.63, 3.8) is 0 Å². The number of thiophene rings is 1. The maximum absolute atomic E-state index is 6.28. The van der Waals surface area contributed by atoms with E-state index in [1.165, 1.54) is 75.1 Å². The van der Waals surface area contributed by atoms with Crippen molar-refractivity contribution < 1.29 is 4.42 Å². The number of nitrogens with zero attached hydrogens (tertiary/aromatic N) is 1. The molecule has 2 nitrogen and oxygen atoms in total. The Balaban J connectivity index is 1.16. The molecule has 7 aromatic carbocycles. The average molecular weight is 758 g/mol. The Kier molecular flexibility index (Phi) is 7.71. The highest BCUT2D eigenvalue weighted by Gasteiger charge is 2.51. The van der Waals surface area contributed by atoms with Gasteiger partial charge in [0.25, 0.3) is 0 Å². The van der Waals surface area contributed by atoms with Gasteiger partial charge in [-0.05, 0) is 105 Å². The lowest BCUT2D eigenvalue weighted by molar-refractivity contribution is 0.522. The standard InChI is InChI=1S/C52H39NOS2/c1-4-37-38-14-6-10-21-47(38)56-51(37)53(36-28-26-33(27-29-36)34-24-25-35-31-45(32(2)3)54-46(35)30-34)44-20-13-19-43-50(44)39-15-5-7-16-40(39)52(43)41-17-8-11-22-48(41)55-49-23-12-9-18-42(49)52/h5-32H,4H2,1-3H3. The first-order valence-electron chi connectivity index (χ1n) is 19.6. The zero-order chi connectivity index (χ0) is 37.5. The lowest BCUT2D eigenvalue weighted by atomic mass is 9.67. The largest absolute Gasteiger partial charge is 0.461 e. The lowest BCUT2D eigenvalue weighted by Crippen LogP contribution is -2.32. The fourth-order valence-corrected chi connectivity index (χ4v) is 11.9. The second-order valence-corrected chi connectivity index (χ2v) is 17.4. The van der Waals surface area contributed by atoms with Crippen LogP contribution in [0.25, 0.3) is 43.3 Å². The van der Waals surface area contributed by atoms with Crippen LogP contribution in [0.3, 0.4) is 0 Å². The number of hydrogen-bond acceptors (Lipinski definition) is 4. The molecule has 1 spiro atoms. The Morgan fingerprint density at radius 2 is 1.29 bits per heavy atom. The van der Waals surface area contributed by atoms with Gasteiger partial charge < -0.3 is 9.32 Å². The number of hydrogen-bond donors (Lipinski definition) is 0. The van der Waals surface area contributed by atoms with E-state index in [1.54, 1.807) is 0 Å². The van der Waals surface area contributed by atoms with Crippen LogP contribution < -0.4 is 4.90 Å². The van der Waals surface area contributed by atoms with Gasteiger partial charge in [0.15, 0.2) is 0 Å². The Bertz CT molecular complexity index is 2940. The summed E-state index contributed by atoms with van der Waals surface area (Å²) in [6.45, 7) is 6.65. The fourth-order valence-electron chi connectivity index (χ4n) is 9.36. The minimum atomic E-state index is -0.441. The molecule has 0 atom stereocenters. The van der Waals surface area contributed by atoms with Crippen LogP contribution >= 0.6 is 23.1 Å². The molecule has 2 aliphatic rings. The van der Waals surface area contributed by atoms with Gasteiger partial charge in [-0.3, -0.25) is 0 Å². The summed E-state index contributed by atoms with van der Waals surface area (Å²) in [5, 5.41) is 3.75. The molecule has 1 aliphatic carbocycles. The van der Waals surface area contributed by atoms with Crippen LogP contribution in [0.4, 0.5) is 16.4 Å². The van der Waals surface area contributed by atoms with Crippen LogP contribution in [0.5, 0.6) is 0 Å². The molecule has 0 N–H and O–H groups in total. The molecule has 0 saturated heterocycles. The molecule has 9 aromatic rings. The number of rotatable bonds is 6. The summed E-state index contributed by atoms with van der Waals surface area (Å²) in [6.07, 6.45) is 0.934. The molecule has 0 fully saturated rings. The maximum atomic E-state index is 6.28. The van der Waals surface area contributed by atoms with Crippen LogP contribution in [0.15, 0.2) is 178 Å². The highest BCUT2D eigenvalue weighted by Crippen LogP contribution is 2.64. The maximum Gasteiger partial charge on any atom is 0.134 e. The number of benzene rings is 7. The van der Waals surface area contributed by atoms with Crippen LogP contribution in [-0.2, 0) is 11.8 Å². The molecule has 4 heteroatoms. The summed E-state index contributed by atoms with van der Waals surface area (Å²) in [5.74, 6) is 1.37. The van der Waals surface area contributed by atoms with Crippen molar-refractivity contribution in [1.29, 1.82) is 0 Å². The van der Waals surface area contributed by atoms with E-state index in [9.17, 15) is 0 Å².